The average Bonchev–Trinajstić information content (AvgIpc) is 2.60. The molecule has 1 heterocycles. The molecule has 1 saturated heterocycles. The molecule has 7 heteroatoms. The number of nitrogens with one attached hydrogen (secondary N) is 1. The summed E-state index contributed by atoms with van der Waals surface area (Å²) in [6.45, 7) is 5.60. The topological polar surface area (TPSA) is 84.9 Å². The van der Waals surface area contributed by atoms with Gasteiger partial charge < -0.3 is 19.3 Å². The van der Waals surface area contributed by atoms with E-state index in [1.165, 1.54) is 12.8 Å². The number of hydrogen-bond donors (Lipinski definition) is 2. The highest BCUT2D eigenvalue weighted by atomic mass is 32.2. The third-order valence-corrected chi connectivity index (χ3v) is 6.54. The molecule has 0 radical (unpaired) electrons. The van der Waals surface area contributed by atoms with Crippen molar-refractivity contribution in [2.24, 2.45) is 11.8 Å². The number of hydrogen-bond acceptors (Lipinski definition) is 5. The SMILES string of the molecule is CC(C)C1CCC(OC[C@H]2C(N[S+](C)[O-])CCCN2C(=O)CCO)CC1. The predicted octanol–water partition coefficient (Wildman–Crippen LogP) is 1.84. The van der Waals surface area contributed by atoms with Crippen LogP contribution in [0, 0.1) is 11.8 Å². The zero-order valence-corrected chi connectivity index (χ0v) is 17.3. The second kappa shape index (κ2) is 10.9. The van der Waals surface area contributed by atoms with Crippen molar-refractivity contribution in [3.8, 4) is 0 Å². The third-order valence-electron chi connectivity index (χ3n) is 5.91. The molecule has 1 aliphatic carbocycles. The van der Waals surface area contributed by atoms with Crippen molar-refractivity contribution in [2.75, 3.05) is 26.0 Å². The van der Waals surface area contributed by atoms with Crippen LogP contribution in [0.5, 0.6) is 0 Å². The molecule has 1 aliphatic heterocycles. The molecule has 0 aromatic heterocycles. The van der Waals surface area contributed by atoms with E-state index < -0.39 is 11.4 Å². The van der Waals surface area contributed by atoms with E-state index in [1.54, 1.807) is 6.26 Å². The van der Waals surface area contributed by atoms with Gasteiger partial charge in [0, 0.05) is 24.3 Å². The Hall–Kier alpha value is -0.340. The Balaban J connectivity index is 1.94. The van der Waals surface area contributed by atoms with Gasteiger partial charge in [0.15, 0.2) is 0 Å². The van der Waals surface area contributed by atoms with Gasteiger partial charge in [-0.25, -0.2) is 0 Å². The number of likely N-dealkylation sites (tertiary alicyclic amines) is 1. The Kier molecular flexibility index (Phi) is 9.17. The van der Waals surface area contributed by atoms with Crippen LogP contribution in [0.2, 0.25) is 0 Å². The molecule has 6 nitrogen and oxygen atoms in total. The highest BCUT2D eigenvalue weighted by Crippen LogP contribution is 2.31. The maximum Gasteiger partial charge on any atom is 0.225 e. The summed E-state index contributed by atoms with van der Waals surface area (Å²) < 4.78 is 21.0. The van der Waals surface area contributed by atoms with E-state index in [4.69, 9.17) is 9.84 Å². The van der Waals surface area contributed by atoms with Crippen LogP contribution in [-0.2, 0) is 20.9 Å². The molecule has 2 fully saturated rings. The number of nitrogens with zero attached hydrogens (tertiary/aromatic N) is 1. The summed E-state index contributed by atoms with van der Waals surface area (Å²) in [5.74, 6) is 1.48. The summed E-state index contributed by atoms with van der Waals surface area (Å²) in [6.07, 6.45) is 8.36. The standard InChI is InChI=1S/C19H36N2O4S/c1-14(2)15-6-8-16(9-7-15)25-13-18-17(20-26(3)24)5-4-11-21(18)19(23)10-12-22/h14-18,20,22H,4-13H2,1-3H3/t15?,16?,17?,18-,26?/m0/s1. The van der Waals surface area contributed by atoms with E-state index in [0.717, 1.165) is 37.5 Å². The largest absolute Gasteiger partial charge is 0.598 e. The minimum atomic E-state index is -1.13. The summed E-state index contributed by atoms with van der Waals surface area (Å²) in [4.78, 5) is 14.2. The van der Waals surface area contributed by atoms with Crippen LogP contribution in [0.4, 0.5) is 0 Å². The molecule has 2 rings (SSSR count). The number of carbonyl (C=O) groups is 1. The first-order valence-corrected chi connectivity index (χ1v) is 11.6. The van der Waals surface area contributed by atoms with Gasteiger partial charge in [0.25, 0.3) is 0 Å². The van der Waals surface area contributed by atoms with Crippen LogP contribution in [0.15, 0.2) is 0 Å². The Morgan fingerprint density at radius 2 is 2.00 bits per heavy atom. The fourth-order valence-electron chi connectivity index (χ4n) is 4.32. The van der Waals surface area contributed by atoms with Gasteiger partial charge >= 0.3 is 0 Å². The monoisotopic (exact) mass is 388 g/mol. The number of aliphatic hydroxyl groups excluding tert-OH is 1. The summed E-state index contributed by atoms with van der Waals surface area (Å²) in [5, 5.41) is 9.13. The van der Waals surface area contributed by atoms with E-state index >= 15 is 0 Å². The number of carbonyl (C=O) groups excluding carboxylic acids is 1. The first-order valence-electron chi connectivity index (χ1n) is 10.0. The van der Waals surface area contributed by atoms with Gasteiger partial charge in [-0.15, -0.1) is 4.72 Å². The molecular weight excluding hydrogens is 352 g/mol. The van der Waals surface area contributed by atoms with Crippen LogP contribution in [0.1, 0.15) is 58.8 Å². The molecule has 0 spiro atoms. The molecule has 1 saturated carbocycles. The molecule has 1 amide bonds. The Bertz CT molecular complexity index is 428. The number of aliphatic hydroxyl groups is 1. The molecular formula is C19H36N2O4S. The lowest BCUT2D eigenvalue weighted by molar-refractivity contribution is -0.139. The zero-order chi connectivity index (χ0) is 19.1. The summed E-state index contributed by atoms with van der Waals surface area (Å²) in [7, 11) is 0. The van der Waals surface area contributed by atoms with Gasteiger partial charge in [-0.2, -0.15) is 0 Å². The van der Waals surface area contributed by atoms with Crippen molar-refractivity contribution < 1.29 is 19.2 Å². The maximum atomic E-state index is 12.4. The fourth-order valence-corrected chi connectivity index (χ4v) is 5.02. The van der Waals surface area contributed by atoms with Crippen LogP contribution < -0.4 is 4.72 Å². The first-order chi connectivity index (χ1) is 12.4. The molecule has 2 N–H and O–H groups in total. The highest BCUT2D eigenvalue weighted by Gasteiger charge is 2.37. The van der Waals surface area contributed by atoms with Gasteiger partial charge in [0.1, 0.15) is 6.26 Å². The molecule has 26 heavy (non-hydrogen) atoms. The van der Waals surface area contributed by atoms with E-state index in [9.17, 15) is 9.35 Å². The lowest BCUT2D eigenvalue weighted by Gasteiger charge is -2.42. The van der Waals surface area contributed by atoms with Crippen LogP contribution in [-0.4, -0.2) is 64.7 Å². The fraction of sp³-hybridized carbons (Fsp3) is 0.947. The molecule has 2 unspecified atom stereocenters. The number of rotatable bonds is 8. The summed E-state index contributed by atoms with van der Waals surface area (Å²) >= 11 is -1.13. The molecule has 2 aliphatic rings. The Morgan fingerprint density at radius 1 is 1.31 bits per heavy atom. The lowest BCUT2D eigenvalue weighted by Crippen LogP contribution is -2.59. The van der Waals surface area contributed by atoms with Crippen LogP contribution in [0.3, 0.4) is 0 Å². The van der Waals surface area contributed by atoms with Crippen molar-refractivity contribution in [2.45, 2.75) is 77.0 Å². The second-order valence-corrected chi connectivity index (χ2v) is 9.21. The number of piperidine rings is 1. The van der Waals surface area contributed by atoms with Gasteiger partial charge in [-0.3, -0.25) is 4.79 Å². The second-order valence-electron chi connectivity index (χ2n) is 8.06. The number of ether oxygens (including phenoxy) is 1. The van der Waals surface area contributed by atoms with Crippen molar-refractivity contribution in [1.29, 1.82) is 0 Å². The van der Waals surface area contributed by atoms with Crippen LogP contribution in [0.25, 0.3) is 0 Å². The molecule has 0 aromatic rings. The quantitative estimate of drug-likeness (QED) is 0.620. The van der Waals surface area contributed by atoms with E-state index in [0.29, 0.717) is 13.2 Å². The first kappa shape index (κ1) is 22.0. The normalized spacial score (nSPS) is 31.2. The molecule has 0 bridgehead atoms. The van der Waals surface area contributed by atoms with Gasteiger partial charge in [0.05, 0.1) is 31.4 Å². The highest BCUT2D eigenvalue weighted by molar-refractivity contribution is 7.88. The summed E-state index contributed by atoms with van der Waals surface area (Å²) in [6, 6.07) is -0.140. The Morgan fingerprint density at radius 3 is 2.58 bits per heavy atom. The number of amides is 1. The Labute approximate surface area is 161 Å². The van der Waals surface area contributed by atoms with Crippen molar-refractivity contribution in [1.82, 2.24) is 9.62 Å². The predicted molar refractivity (Wildman–Crippen MR) is 104 cm³/mol. The average molecular weight is 389 g/mol. The van der Waals surface area contributed by atoms with Gasteiger partial charge in [-0.1, -0.05) is 13.8 Å². The minimum Gasteiger partial charge on any atom is -0.598 e. The third kappa shape index (κ3) is 6.37. The molecule has 3 atom stereocenters. The maximum absolute atomic E-state index is 12.4. The van der Waals surface area contributed by atoms with Crippen molar-refractivity contribution in [3.63, 3.8) is 0 Å². The smallest absolute Gasteiger partial charge is 0.225 e. The van der Waals surface area contributed by atoms with Crippen LogP contribution >= 0.6 is 0 Å². The molecule has 0 aromatic carbocycles. The molecule has 152 valence electrons. The lowest BCUT2D eigenvalue weighted by atomic mass is 9.80. The van der Waals surface area contributed by atoms with E-state index in [1.807, 2.05) is 4.90 Å². The summed E-state index contributed by atoms with van der Waals surface area (Å²) in [5.41, 5.74) is 0. The van der Waals surface area contributed by atoms with Crippen molar-refractivity contribution >= 4 is 17.3 Å². The minimum absolute atomic E-state index is 0.0239. The van der Waals surface area contributed by atoms with Gasteiger partial charge in [0.2, 0.25) is 5.91 Å². The van der Waals surface area contributed by atoms with Crippen molar-refractivity contribution in [3.05, 3.63) is 0 Å². The van der Waals surface area contributed by atoms with E-state index in [2.05, 4.69) is 18.6 Å². The van der Waals surface area contributed by atoms with Gasteiger partial charge in [-0.05, 0) is 50.4 Å². The zero-order valence-electron chi connectivity index (χ0n) is 16.5. The van der Waals surface area contributed by atoms with E-state index in [-0.39, 0.29) is 37.1 Å².